The van der Waals surface area contributed by atoms with Gasteiger partial charge in [-0.2, -0.15) is 0 Å². The molecule has 0 bridgehead atoms. The molecule has 0 saturated heterocycles. The van der Waals surface area contributed by atoms with Crippen molar-refractivity contribution in [2.75, 3.05) is 0 Å². The van der Waals surface area contributed by atoms with E-state index in [1.54, 1.807) is 30.3 Å². The van der Waals surface area contributed by atoms with Gasteiger partial charge in [-0.25, -0.2) is 8.78 Å². The first-order valence-electron chi connectivity index (χ1n) is 6.34. The lowest BCUT2D eigenvalue weighted by atomic mass is 10.1. The van der Waals surface area contributed by atoms with Gasteiger partial charge >= 0.3 is 0 Å². The Morgan fingerprint density at radius 2 is 1.45 bits per heavy atom. The standard InChI is InChI=1S/C17H14F2O/c18-15-7-1-13(2-8-15)5-11-17(20)12-6-14-3-9-16(19)10-4-14/h1-5,7-11H,6,12H2/b11-5+. The number of benzene rings is 2. The number of rotatable bonds is 5. The summed E-state index contributed by atoms with van der Waals surface area (Å²) >= 11 is 0. The van der Waals surface area contributed by atoms with Gasteiger partial charge < -0.3 is 0 Å². The Hall–Kier alpha value is -2.29. The Balaban J connectivity index is 1.86. The molecule has 0 amide bonds. The second-order valence-electron chi connectivity index (χ2n) is 4.48. The normalized spacial score (nSPS) is 10.9. The fourth-order valence-electron chi connectivity index (χ4n) is 1.77. The first-order chi connectivity index (χ1) is 9.63. The molecular formula is C17H14F2O. The van der Waals surface area contributed by atoms with Crippen LogP contribution in [0, 0.1) is 11.6 Å². The molecule has 102 valence electrons. The number of hydrogen-bond donors (Lipinski definition) is 0. The first-order valence-corrected chi connectivity index (χ1v) is 6.34. The van der Waals surface area contributed by atoms with Crippen molar-refractivity contribution >= 4 is 11.9 Å². The molecule has 0 aliphatic carbocycles. The first kappa shape index (κ1) is 14.1. The summed E-state index contributed by atoms with van der Waals surface area (Å²) in [6.07, 6.45) is 4.08. The third-order valence-corrected chi connectivity index (χ3v) is 2.91. The van der Waals surface area contributed by atoms with E-state index in [1.807, 2.05) is 0 Å². The second-order valence-corrected chi connectivity index (χ2v) is 4.48. The highest BCUT2D eigenvalue weighted by molar-refractivity contribution is 5.93. The van der Waals surface area contributed by atoms with Gasteiger partial charge in [-0.05, 0) is 47.9 Å². The second kappa shape index (κ2) is 6.75. The van der Waals surface area contributed by atoms with Gasteiger partial charge in [0.1, 0.15) is 11.6 Å². The SMILES string of the molecule is O=C(/C=C/c1ccc(F)cc1)CCc1ccc(F)cc1. The van der Waals surface area contributed by atoms with Crippen molar-refractivity contribution in [2.24, 2.45) is 0 Å². The summed E-state index contributed by atoms with van der Waals surface area (Å²) in [7, 11) is 0. The highest BCUT2D eigenvalue weighted by atomic mass is 19.1. The molecular weight excluding hydrogens is 258 g/mol. The number of aryl methyl sites for hydroxylation is 1. The number of halogens is 2. The fraction of sp³-hybridized carbons (Fsp3) is 0.118. The highest BCUT2D eigenvalue weighted by Crippen LogP contribution is 2.08. The van der Waals surface area contributed by atoms with Crippen LogP contribution < -0.4 is 0 Å². The molecule has 0 saturated carbocycles. The molecule has 0 fully saturated rings. The van der Waals surface area contributed by atoms with E-state index in [0.29, 0.717) is 12.8 Å². The molecule has 2 aromatic carbocycles. The van der Waals surface area contributed by atoms with Gasteiger partial charge in [-0.3, -0.25) is 4.79 Å². The van der Waals surface area contributed by atoms with Gasteiger partial charge in [0.25, 0.3) is 0 Å². The number of ketones is 1. The maximum atomic E-state index is 12.7. The molecule has 0 unspecified atom stereocenters. The molecule has 0 aliphatic rings. The molecule has 0 heterocycles. The van der Waals surface area contributed by atoms with Gasteiger partial charge in [0, 0.05) is 6.42 Å². The van der Waals surface area contributed by atoms with Gasteiger partial charge in [0.15, 0.2) is 5.78 Å². The van der Waals surface area contributed by atoms with Crippen molar-refractivity contribution in [1.82, 2.24) is 0 Å². The Morgan fingerprint density at radius 1 is 0.900 bits per heavy atom. The van der Waals surface area contributed by atoms with Crippen molar-refractivity contribution < 1.29 is 13.6 Å². The smallest absolute Gasteiger partial charge is 0.156 e. The molecule has 20 heavy (non-hydrogen) atoms. The maximum absolute atomic E-state index is 12.7. The van der Waals surface area contributed by atoms with Crippen LogP contribution in [0.4, 0.5) is 8.78 Å². The zero-order chi connectivity index (χ0) is 14.4. The lowest BCUT2D eigenvalue weighted by Gasteiger charge is -1.99. The lowest BCUT2D eigenvalue weighted by Crippen LogP contribution is -1.96. The monoisotopic (exact) mass is 272 g/mol. The molecule has 0 spiro atoms. The summed E-state index contributed by atoms with van der Waals surface area (Å²) in [5, 5.41) is 0. The molecule has 0 aromatic heterocycles. The van der Waals surface area contributed by atoms with Crippen LogP contribution in [0.25, 0.3) is 6.08 Å². The van der Waals surface area contributed by atoms with E-state index in [1.165, 1.54) is 30.3 Å². The van der Waals surface area contributed by atoms with E-state index in [9.17, 15) is 13.6 Å². The molecule has 2 aromatic rings. The Bertz CT molecular complexity index is 598. The summed E-state index contributed by atoms with van der Waals surface area (Å²) in [5.74, 6) is -0.597. The fourth-order valence-corrected chi connectivity index (χ4v) is 1.77. The van der Waals surface area contributed by atoms with Gasteiger partial charge in [0.05, 0.1) is 0 Å². The summed E-state index contributed by atoms with van der Waals surface area (Å²) in [6.45, 7) is 0. The van der Waals surface area contributed by atoms with E-state index >= 15 is 0 Å². The Labute approximate surface area is 116 Å². The number of carbonyl (C=O) groups excluding carboxylic acids is 1. The zero-order valence-corrected chi connectivity index (χ0v) is 10.9. The quantitative estimate of drug-likeness (QED) is 0.746. The van der Waals surface area contributed by atoms with Crippen LogP contribution >= 0.6 is 0 Å². The summed E-state index contributed by atoms with van der Waals surface area (Å²) in [5.41, 5.74) is 1.71. The van der Waals surface area contributed by atoms with Crippen molar-refractivity contribution in [2.45, 2.75) is 12.8 Å². The molecule has 0 atom stereocenters. The predicted octanol–water partition coefficient (Wildman–Crippen LogP) is 4.18. The zero-order valence-electron chi connectivity index (χ0n) is 10.9. The van der Waals surface area contributed by atoms with Crippen molar-refractivity contribution in [1.29, 1.82) is 0 Å². The number of hydrogen-bond acceptors (Lipinski definition) is 1. The average Bonchev–Trinajstić information content (AvgIpc) is 2.46. The van der Waals surface area contributed by atoms with Crippen molar-refractivity contribution in [3.05, 3.63) is 77.4 Å². The van der Waals surface area contributed by atoms with Gasteiger partial charge in [-0.1, -0.05) is 30.3 Å². The lowest BCUT2D eigenvalue weighted by molar-refractivity contribution is -0.114. The van der Waals surface area contributed by atoms with Gasteiger partial charge in [-0.15, -0.1) is 0 Å². The van der Waals surface area contributed by atoms with Crippen LogP contribution in [0.3, 0.4) is 0 Å². The Kier molecular flexibility index (Phi) is 4.77. The summed E-state index contributed by atoms with van der Waals surface area (Å²) < 4.78 is 25.4. The van der Waals surface area contributed by atoms with Crippen LogP contribution in [0.2, 0.25) is 0 Å². The van der Waals surface area contributed by atoms with Crippen LogP contribution in [0.15, 0.2) is 54.6 Å². The van der Waals surface area contributed by atoms with Crippen LogP contribution in [0.1, 0.15) is 17.5 Å². The molecule has 0 N–H and O–H groups in total. The third kappa shape index (κ3) is 4.43. The van der Waals surface area contributed by atoms with Gasteiger partial charge in [0.2, 0.25) is 0 Å². The molecule has 1 nitrogen and oxygen atoms in total. The van der Waals surface area contributed by atoms with Crippen LogP contribution in [0.5, 0.6) is 0 Å². The van der Waals surface area contributed by atoms with Crippen LogP contribution in [-0.4, -0.2) is 5.78 Å². The van der Waals surface area contributed by atoms with Crippen molar-refractivity contribution in [3.8, 4) is 0 Å². The van der Waals surface area contributed by atoms with E-state index in [-0.39, 0.29) is 17.4 Å². The topological polar surface area (TPSA) is 17.1 Å². The summed E-state index contributed by atoms with van der Waals surface area (Å²) in [6, 6.07) is 12.0. The average molecular weight is 272 g/mol. The number of carbonyl (C=O) groups is 1. The minimum atomic E-state index is -0.301. The van der Waals surface area contributed by atoms with E-state index in [4.69, 9.17) is 0 Å². The molecule has 0 radical (unpaired) electrons. The van der Waals surface area contributed by atoms with E-state index < -0.39 is 0 Å². The van der Waals surface area contributed by atoms with E-state index in [0.717, 1.165) is 11.1 Å². The minimum Gasteiger partial charge on any atom is -0.295 e. The largest absolute Gasteiger partial charge is 0.295 e. The molecule has 0 aliphatic heterocycles. The predicted molar refractivity (Wildman–Crippen MR) is 75.2 cm³/mol. The third-order valence-electron chi connectivity index (χ3n) is 2.91. The van der Waals surface area contributed by atoms with Crippen LogP contribution in [-0.2, 0) is 11.2 Å². The van der Waals surface area contributed by atoms with E-state index in [2.05, 4.69) is 0 Å². The Morgan fingerprint density at radius 3 is 2.05 bits per heavy atom. The highest BCUT2D eigenvalue weighted by Gasteiger charge is 1.99. The van der Waals surface area contributed by atoms with Crippen molar-refractivity contribution in [3.63, 3.8) is 0 Å². The summed E-state index contributed by atoms with van der Waals surface area (Å²) in [4.78, 5) is 11.7. The molecule has 2 rings (SSSR count). The molecule has 3 heteroatoms. The number of allylic oxidation sites excluding steroid dienone is 1. The minimum absolute atomic E-state index is 0.0151. The maximum Gasteiger partial charge on any atom is 0.156 e.